The van der Waals surface area contributed by atoms with Gasteiger partial charge in [-0.05, 0) is 26.0 Å². The van der Waals surface area contributed by atoms with Crippen LogP contribution < -0.4 is 15.5 Å². The number of para-hydroxylation sites is 2. The Morgan fingerprint density at radius 2 is 1.95 bits per heavy atom. The van der Waals surface area contributed by atoms with Gasteiger partial charge in [0, 0.05) is 33.8 Å². The molecule has 2 unspecified atom stereocenters. The van der Waals surface area contributed by atoms with Crippen LogP contribution in [0.2, 0.25) is 0 Å². The molecular weight excluding hydrogens is 238 g/mol. The number of benzene rings is 1. The largest absolute Gasteiger partial charge is 0.379 e. The smallest absolute Gasteiger partial charge is 0.0784 e. The highest BCUT2D eigenvalue weighted by atomic mass is 16.5. The fourth-order valence-electron chi connectivity index (χ4n) is 2.79. The van der Waals surface area contributed by atoms with Crippen molar-refractivity contribution in [3.8, 4) is 0 Å². The van der Waals surface area contributed by atoms with Crippen molar-refractivity contribution < 1.29 is 4.74 Å². The molecule has 0 saturated heterocycles. The Morgan fingerprint density at radius 3 is 2.53 bits per heavy atom. The molecule has 1 aromatic rings. The number of hydrogen-bond donors (Lipinski definition) is 1. The molecular formula is C15H25N3O. The van der Waals surface area contributed by atoms with E-state index in [-0.39, 0.29) is 11.6 Å². The van der Waals surface area contributed by atoms with Crippen molar-refractivity contribution in [1.82, 2.24) is 0 Å². The Labute approximate surface area is 116 Å². The minimum Gasteiger partial charge on any atom is -0.379 e. The van der Waals surface area contributed by atoms with Crippen LogP contribution in [0.3, 0.4) is 0 Å². The van der Waals surface area contributed by atoms with Gasteiger partial charge in [-0.15, -0.1) is 0 Å². The van der Waals surface area contributed by atoms with Crippen LogP contribution in [-0.4, -0.2) is 45.4 Å². The van der Waals surface area contributed by atoms with Gasteiger partial charge in [-0.3, -0.25) is 0 Å². The number of methoxy groups -OCH3 is 1. The van der Waals surface area contributed by atoms with Crippen LogP contribution >= 0.6 is 0 Å². The first-order chi connectivity index (χ1) is 9.04. The van der Waals surface area contributed by atoms with Gasteiger partial charge in [-0.1, -0.05) is 12.1 Å². The van der Waals surface area contributed by atoms with Crippen LogP contribution in [0.1, 0.15) is 13.8 Å². The minimum atomic E-state index is -0.188. The van der Waals surface area contributed by atoms with Gasteiger partial charge in [0.2, 0.25) is 0 Å². The first-order valence-corrected chi connectivity index (χ1v) is 6.85. The molecule has 0 spiro atoms. The molecule has 0 fully saturated rings. The van der Waals surface area contributed by atoms with E-state index in [4.69, 9.17) is 10.5 Å². The van der Waals surface area contributed by atoms with Gasteiger partial charge in [-0.25, -0.2) is 0 Å². The van der Waals surface area contributed by atoms with Gasteiger partial charge in [0.25, 0.3) is 0 Å². The molecule has 0 radical (unpaired) electrons. The van der Waals surface area contributed by atoms with Crippen molar-refractivity contribution in [2.24, 2.45) is 5.73 Å². The van der Waals surface area contributed by atoms with Crippen LogP contribution in [-0.2, 0) is 4.74 Å². The van der Waals surface area contributed by atoms with Gasteiger partial charge >= 0.3 is 0 Å². The lowest BCUT2D eigenvalue weighted by atomic mass is 9.91. The quantitative estimate of drug-likeness (QED) is 0.897. The highest BCUT2D eigenvalue weighted by Crippen LogP contribution is 2.37. The molecule has 19 heavy (non-hydrogen) atoms. The van der Waals surface area contributed by atoms with E-state index in [1.54, 1.807) is 7.11 Å². The number of fused-ring (bicyclic) bond motifs is 1. The topological polar surface area (TPSA) is 41.7 Å². The molecule has 4 nitrogen and oxygen atoms in total. The number of nitrogens with two attached hydrogens (primary N) is 1. The molecule has 2 rings (SSSR count). The van der Waals surface area contributed by atoms with E-state index >= 15 is 0 Å². The average molecular weight is 263 g/mol. The molecule has 106 valence electrons. The lowest BCUT2D eigenvalue weighted by Crippen LogP contribution is -2.62. The van der Waals surface area contributed by atoms with E-state index in [0.717, 1.165) is 13.1 Å². The molecule has 0 saturated carbocycles. The van der Waals surface area contributed by atoms with Crippen LogP contribution in [0, 0.1) is 0 Å². The Kier molecular flexibility index (Phi) is 4.02. The Balaban J connectivity index is 2.43. The number of rotatable bonds is 4. The molecule has 1 aliphatic heterocycles. The Bertz CT molecular complexity index is 437. The minimum absolute atomic E-state index is 0.0777. The van der Waals surface area contributed by atoms with Crippen LogP contribution in [0.5, 0.6) is 0 Å². The highest BCUT2D eigenvalue weighted by molar-refractivity contribution is 5.74. The number of hydrogen-bond acceptors (Lipinski definition) is 4. The second-order valence-corrected chi connectivity index (χ2v) is 5.50. The van der Waals surface area contributed by atoms with E-state index in [2.05, 4.69) is 55.0 Å². The van der Waals surface area contributed by atoms with Gasteiger partial charge < -0.3 is 20.3 Å². The monoisotopic (exact) mass is 263 g/mol. The summed E-state index contributed by atoms with van der Waals surface area (Å²) in [5.41, 5.74) is 8.39. The fourth-order valence-corrected chi connectivity index (χ4v) is 2.79. The summed E-state index contributed by atoms with van der Waals surface area (Å²) in [5, 5.41) is 0. The van der Waals surface area contributed by atoms with E-state index in [9.17, 15) is 0 Å². The first kappa shape index (κ1) is 14.2. The fraction of sp³-hybridized carbons (Fsp3) is 0.600. The number of ether oxygens (including phenoxy) is 1. The van der Waals surface area contributed by atoms with E-state index in [1.807, 2.05) is 0 Å². The summed E-state index contributed by atoms with van der Waals surface area (Å²) in [4.78, 5) is 4.69. The molecule has 0 amide bonds. The molecule has 0 bridgehead atoms. The number of nitrogens with zero attached hydrogens (tertiary/aromatic N) is 2. The third-order valence-corrected chi connectivity index (χ3v) is 4.50. The van der Waals surface area contributed by atoms with Gasteiger partial charge in [-0.2, -0.15) is 0 Å². The summed E-state index contributed by atoms with van der Waals surface area (Å²) in [5.74, 6) is 0. The zero-order valence-electron chi connectivity index (χ0n) is 12.4. The molecule has 2 atom stereocenters. The van der Waals surface area contributed by atoms with Crippen LogP contribution in [0.4, 0.5) is 11.4 Å². The van der Waals surface area contributed by atoms with Gasteiger partial charge in [0.1, 0.15) is 0 Å². The van der Waals surface area contributed by atoms with Crippen molar-refractivity contribution in [2.75, 3.05) is 43.6 Å². The summed E-state index contributed by atoms with van der Waals surface area (Å²) in [6.45, 7) is 6.81. The van der Waals surface area contributed by atoms with E-state index < -0.39 is 0 Å². The molecule has 1 heterocycles. The van der Waals surface area contributed by atoms with Crippen molar-refractivity contribution >= 4 is 11.4 Å². The van der Waals surface area contributed by atoms with E-state index in [1.165, 1.54) is 11.4 Å². The molecule has 0 aromatic heterocycles. The molecule has 1 aromatic carbocycles. The Hall–Kier alpha value is -1.26. The molecule has 2 N–H and O–H groups in total. The lowest BCUT2D eigenvalue weighted by Gasteiger charge is -2.49. The first-order valence-electron chi connectivity index (χ1n) is 6.85. The zero-order valence-corrected chi connectivity index (χ0v) is 12.4. The summed E-state index contributed by atoms with van der Waals surface area (Å²) in [6.07, 6.45) is 0.0777. The maximum atomic E-state index is 6.07. The Morgan fingerprint density at radius 1 is 1.32 bits per heavy atom. The van der Waals surface area contributed by atoms with Gasteiger partial charge in [0.05, 0.1) is 23.0 Å². The predicted octanol–water partition coefficient (Wildman–Crippen LogP) is 1.70. The predicted molar refractivity (Wildman–Crippen MR) is 81.0 cm³/mol. The molecule has 4 heteroatoms. The third-order valence-electron chi connectivity index (χ3n) is 4.50. The highest BCUT2D eigenvalue weighted by Gasteiger charge is 2.39. The SMILES string of the molecule is COC(C)C(C)(CN)N1CCN(C)c2ccccc21. The number of anilines is 2. The second-order valence-electron chi connectivity index (χ2n) is 5.50. The van der Waals surface area contributed by atoms with Crippen molar-refractivity contribution in [2.45, 2.75) is 25.5 Å². The van der Waals surface area contributed by atoms with Crippen molar-refractivity contribution in [3.05, 3.63) is 24.3 Å². The summed E-state index contributed by atoms with van der Waals surface area (Å²) >= 11 is 0. The average Bonchev–Trinajstić information content (AvgIpc) is 2.46. The zero-order chi connectivity index (χ0) is 14.0. The second kappa shape index (κ2) is 5.39. The molecule has 0 aliphatic carbocycles. The van der Waals surface area contributed by atoms with Crippen molar-refractivity contribution in [3.63, 3.8) is 0 Å². The summed E-state index contributed by atoms with van der Waals surface area (Å²) in [7, 11) is 3.89. The summed E-state index contributed by atoms with van der Waals surface area (Å²) in [6, 6.07) is 8.49. The van der Waals surface area contributed by atoms with E-state index in [0.29, 0.717) is 6.54 Å². The summed E-state index contributed by atoms with van der Waals surface area (Å²) < 4.78 is 5.57. The lowest BCUT2D eigenvalue weighted by molar-refractivity contribution is 0.0556. The standard InChI is InChI=1S/C15H25N3O/c1-12(19-4)15(2,11-16)18-10-9-17(3)13-7-5-6-8-14(13)18/h5-8,12H,9-11,16H2,1-4H3. The maximum absolute atomic E-state index is 6.07. The van der Waals surface area contributed by atoms with Crippen LogP contribution in [0.15, 0.2) is 24.3 Å². The van der Waals surface area contributed by atoms with Crippen LogP contribution in [0.25, 0.3) is 0 Å². The van der Waals surface area contributed by atoms with Crippen molar-refractivity contribution in [1.29, 1.82) is 0 Å². The maximum Gasteiger partial charge on any atom is 0.0784 e. The number of likely N-dealkylation sites (N-methyl/N-ethyl adjacent to an activating group) is 1. The van der Waals surface area contributed by atoms with Gasteiger partial charge in [0.15, 0.2) is 0 Å². The third kappa shape index (κ3) is 2.30. The molecule has 1 aliphatic rings. The normalized spacial score (nSPS) is 19.8.